The van der Waals surface area contributed by atoms with Gasteiger partial charge in [0.05, 0.1) is 6.29 Å². The van der Waals surface area contributed by atoms with Crippen molar-refractivity contribution in [2.45, 2.75) is 12.8 Å². The number of rotatable bonds is 4. The molecule has 1 aliphatic heterocycles. The molecule has 0 atom stereocenters. The number of imide groups is 1. The van der Waals surface area contributed by atoms with Gasteiger partial charge in [0, 0.05) is 12.8 Å². The second-order valence-corrected chi connectivity index (χ2v) is 7.13. The SMILES string of the molecule is O=C1CCC(=O)N1CP(c1ccccc1)c1ccccc1. The summed E-state index contributed by atoms with van der Waals surface area (Å²) in [4.78, 5) is 25.2. The molecule has 1 aliphatic rings. The molecule has 4 heteroatoms. The van der Waals surface area contributed by atoms with Crippen LogP contribution in [0.2, 0.25) is 0 Å². The molecule has 0 N–H and O–H groups in total. The molecule has 1 saturated heterocycles. The Morgan fingerprint density at radius 1 is 0.762 bits per heavy atom. The number of amides is 2. The van der Waals surface area contributed by atoms with E-state index in [1.165, 1.54) is 15.5 Å². The summed E-state index contributed by atoms with van der Waals surface area (Å²) in [6.07, 6.45) is 1.19. The molecule has 0 unspecified atom stereocenters. The van der Waals surface area contributed by atoms with Crippen LogP contribution in [-0.2, 0) is 9.59 Å². The minimum atomic E-state index is -0.731. The van der Waals surface area contributed by atoms with Crippen LogP contribution in [0.15, 0.2) is 60.7 Å². The lowest BCUT2D eigenvalue weighted by molar-refractivity contribution is -0.137. The standard InChI is InChI=1S/C17H16NO2P/c19-16-11-12-17(20)18(16)13-21(14-7-3-1-4-8-14)15-9-5-2-6-10-15/h1-10H,11-13H2. The van der Waals surface area contributed by atoms with Crippen molar-refractivity contribution in [1.29, 1.82) is 0 Å². The van der Waals surface area contributed by atoms with E-state index in [1.807, 2.05) is 36.4 Å². The Kier molecular flexibility index (Phi) is 4.12. The van der Waals surface area contributed by atoms with E-state index in [4.69, 9.17) is 0 Å². The Hall–Kier alpha value is -1.99. The third-order valence-corrected chi connectivity index (χ3v) is 5.98. The molecule has 1 fully saturated rings. The van der Waals surface area contributed by atoms with Crippen LogP contribution in [-0.4, -0.2) is 23.0 Å². The fraction of sp³-hybridized carbons (Fsp3) is 0.176. The third kappa shape index (κ3) is 3.03. The van der Waals surface area contributed by atoms with Gasteiger partial charge in [-0.1, -0.05) is 60.7 Å². The van der Waals surface area contributed by atoms with Crippen molar-refractivity contribution in [1.82, 2.24) is 4.90 Å². The van der Waals surface area contributed by atoms with Gasteiger partial charge in [-0.15, -0.1) is 0 Å². The largest absolute Gasteiger partial charge is 0.278 e. The number of carbonyl (C=O) groups is 2. The summed E-state index contributed by atoms with van der Waals surface area (Å²) in [5.41, 5.74) is 0. The fourth-order valence-electron chi connectivity index (χ4n) is 2.45. The highest BCUT2D eigenvalue weighted by molar-refractivity contribution is 7.73. The van der Waals surface area contributed by atoms with Crippen molar-refractivity contribution in [3.8, 4) is 0 Å². The lowest BCUT2D eigenvalue weighted by atomic mass is 10.4. The van der Waals surface area contributed by atoms with Gasteiger partial charge in [-0.25, -0.2) is 0 Å². The average molecular weight is 297 g/mol. The quantitative estimate of drug-likeness (QED) is 0.641. The Bertz CT molecular complexity index is 587. The number of likely N-dealkylation sites (tertiary alicyclic amines) is 1. The van der Waals surface area contributed by atoms with Gasteiger partial charge in [0.25, 0.3) is 0 Å². The summed E-state index contributed by atoms with van der Waals surface area (Å²) in [7, 11) is -0.731. The Balaban J connectivity index is 1.93. The number of benzene rings is 2. The van der Waals surface area contributed by atoms with Crippen molar-refractivity contribution in [3.05, 3.63) is 60.7 Å². The van der Waals surface area contributed by atoms with Crippen LogP contribution in [0, 0.1) is 0 Å². The summed E-state index contributed by atoms with van der Waals surface area (Å²) in [5.74, 6) is -0.0845. The first kappa shape index (κ1) is 14.0. The second-order valence-electron chi connectivity index (χ2n) is 4.96. The maximum atomic E-state index is 11.9. The van der Waals surface area contributed by atoms with Crippen LogP contribution < -0.4 is 10.6 Å². The maximum absolute atomic E-state index is 11.9. The van der Waals surface area contributed by atoms with Crippen molar-refractivity contribution < 1.29 is 9.59 Å². The van der Waals surface area contributed by atoms with Crippen LogP contribution in [0.5, 0.6) is 0 Å². The third-order valence-electron chi connectivity index (χ3n) is 3.57. The highest BCUT2D eigenvalue weighted by atomic mass is 31.1. The summed E-state index contributed by atoms with van der Waals surface area (Å²) >= 11 is 0. The van der Waals surface area contributed by atoms with Gasteiger partial charge in [-0.3, -0.25) is 14.5 Å². The molecule has 0 radical (unpaired) electrons. The van der Waals surface area contributed by atoms with Crippen LogP contribution in [0.4, 0.5) is 0 Å². The van der Waals surface area contributed by atoms with Gasteiger partial charge in [0.2, 0.25) is 11.8 Å². The first-order chi connectivity index (χ1) is 10.3. The molecule has 0 bridgehead atoms. The van der Waals surface area contributed by atoms with Gasteiger partial charge < -0.3 is 0 Å². The van der Waals surface area contributed by atoms with E-state index in [0.717, 1.165) is 0 Å². The van der Waals surface area contributed by atoms with Crippen molar-refractivity contribution in [3.63, 3.8) is 0 Å². The summed E-state index contributed by atoms with van der Waals surface area (Å²) < 4.78 is 0. The molecule has 0 aliphatic carbocycles. The number of hydrogen-bond donors (Lipinski definition) is 0. The minimum absolute atomic E-state index is 0.0423. The van der Waals surface area contributed by atoms with Gasteiger partial charge >= 0.3 is 0 Å². The zero-order valence-electron chi connectivity index (χ0n) is 11.6. The van der Waals surface area contributed by atoms with Crippen LogP contribution in [0.3, 0.4) is 0 Å². The molecule has 3 rings (SSSR count). The summed E-state index contributed by atoms with van der Waals surface area (Å²) in [5, 5.41) is 2.37. The molecule has 2 amide bonds. The first-order valence-corrected chi connectivity index (χ1v) is 8.49. The monoisotopic (exact) mass is 297 g/mol. The van der Waals surface area contributed by atoms with Crippen LogP contribution in [0.25, 0.3) is 0 Å². The molecule has 3 nitrogen and oxygen atoms in total. The average Bonchev–Trinajstić information content (AvgIpc) is 2.85. The molecule has 2 aromatic rings. The molecular weight excluding hydrogens is 281 g/mol. The molecule has 0 saturated carbocycles. The summed E-state index contributed by atoms with van der Waals surface area (Å²) in [6.45, 7) is 0. The highest BCUT2D eigenvalue weighted by Gasteiger charge is 2.31. The van der Waals surface area contributed by atoms with E-state index in [0.29, 0.717) is 19.1 Å². The van der Waals surface area contributed by atoms with Crippen LogP contribution in [0.1, 0.15) is 12.8 Å². The lowest BCUT2D eigenvalue weighted by Gasteiger charge is -2.23. The number of carbonyl (C=O) groups excluding carboxylic acids is 2. The maximum Gasteiger partial charge on any atom is 0.230 e. The topological polar surface area (TPSA) is 37.4 Å². The molecule has 2 aromatic carbocycles. The van der Waals surface area contributed by atoms with Gasteiger partial charge in [0.1, 0.15) is 0 Å². The zero-order valence-corrected chi connectivity index (χ0v) is 12.5. The Morgan fingerprint density at radius 3 is 1.62 bits per heavy atom. The predicted octanol–water partition coefficient (Wildman–Crippen LogP) is 2.23. The van der Waals surface area contributed by atoms with Crippen molar-refractivity contribution in [2.75, 3.05) is 6.29 Å². The van der Waals surface area contributed by atoms with E-state index in [-0.39, 0.29) is 11.8 Å². The van der Waals surface area contributed by atoms with E-state index < -0.39 is 7.92 Å². The smallest absolute Gasteiger partial charge is 0.230 e. The van der Waals surface area contributed by atoms with Gasteiger partial charge in [-0.05, 0) is 18.5 Å². The summed E-state index contributed by atoms with van der Waals surface area (Å²) in [6, 6.07) is 20.3. The second kappa shape index (κ2) is 6.19. The normalized spacial score (nSPS) is 15.0. The number of hydrogen-bond acceptors (Lipinski definition) is 2. The van der Waals surface area contributed by atoms with E-state index in [2.05, 4.69) is 24.3 Å². The van der Waals surface area contributed by atoms with Gasteiger partial charge in [-0.2, -0.15) is 0 Å². The fourth-order valence-corrected chi connectivity index (χ4v) is 4.74. The first-order valence-electron chi connectivity index (χ1n) is 6.96. The van der Waals surface area contributed by atoms with E-state index in [1.54, 1.807) is 0 Å². The number of nitrogens with zero attached hydrogens (tertiary/aromatic N) is 1. The molecule has 21 heavy (non-hydrogen) atoms. The Morgan fingerprint density at radius 2 is 1.19 bits per heavy atom. The molecule has 106 valence electrons. The van der Waals surface area contributed by atoms with Gasteiger partial charge in [0.15, 0.2) is 0 Å². The Labute approximate surface area is 125 Å². The predicted molar refractivity (Wildman–Crippen MR) is 85.0 cm³/mol. The molecule has 0 aromatic heterocycles. The molecule has 0 spiro atoms. The zero-order chi connectivity index (χ0) is 14.7. The van der Waals surface area contributed by atoms with Crippen LogP contribution >= 0.6 is 7.92 Å². The molecular formula is C17H16NO2P. The van der Waals surface area contributed by atoms with Crippen molar-refractivity contribution in [2.24, 2.45) is 0 Å². The molecule has 1 heterocycles. The van der Waals surface area contributed by atoms with E-state index >= 15 is 0 Å². The van der Waals surface area contributed by atoms with Crippen molar-refractivity contribution >= 4 is 30.3 Å². The lowest BCUT2D eigenvalue weighted by Crippen LogP contribution is -2.32. The minimum Gasteiger partial charge on any atom is -0.278 e. The highest BCUT2D eigenvalue weighted by Crippen LogP contribution is 2.35. The van der Waals surface area contributed by atoms with E-state index in [9.17, 15) is 9.59 Å².